The van der Waals surface area contributed by atoms with Gasteiger partial charge in [0, 0.05) is 12.3 Å². The molecule has 0 aromatic carbocycles. The fraction of sp³-hybridized carbons (Fsp3) is 0. The Labute approximate surface area is 124 Å². The Hall–Kier alpha value is -3.53. The highest BCUT2D eigenvalue weighted by atomic mass is 16.6. The van der Waals surface area contributed by atoms with E-state index in [9.17, 15) is 10.1 Å². The van der Waals surface area contributed by atoms with Gasteiger partial charge in [-0.3, -0.25) is 14.5 Å². The smallest absolute Gasteiger partial charge is 0.287 e. The van der Waals surface area contributed by atoms with Crippen molar-refractivity contribution < 1.29 is 4.92 Å². The number of nitrogens with zero attached hydrogens (tertiary/aromatic N) is 5. The SMILES string of the molecule is N#Cc1ccc2ncc(/C=C/c3ccc([N+](=O)[O-])cn3)n2c1. The van der Waals surface area contributed by atoms with E-state index in [0.29, 0.717) is 11.3 Å². The Kier molecular flexibility index (Phi) is 3.34. The third kappa shape index (κ3) is 2.53. The fourth-order valence-electron chi connectivity index (χ4n) is 1.96. The van der Waals surface area contributed by atoms with Gasteiger partial charge in [0.1, 0.15) is 17.9 Å². The van der Waals surface area contributed by atoms with Crippen LogP contribution in [0.3, 0.4) is 0 Å². The molecule has 0 spiro atoms. The molecule has 0 aliphatic carbocycles. The van der Waals surface area contributed by atoms with Crippen LogP contribution in [0.4, 0.5) is 5.69 Å². The van der Waals surface area contributed by atoms with Crippen molar-refractivity contribution in [1.82, 2.24) is 14.4 Å². The van der Waals surface area contributed by atoms with Gasteiger partial charge >= 0.3 is 0 Å². The molecule has 0 radical (unpaired) electrons. The van der Waals surface area contributed by atoms with Crippen LogP contribution in [-0.4, -0.2) is 19.3 Å². The summed E-state index contributed by atoms with van der Waals surface area (Å²) in [7, 11) is 0. The summed E-state index contributed by atoms with van der Waals surface area (Å²) in [6.45, 7) is 0. The lowest BCUT2D eigenvalue weighted by molar-refractivity contribution is -0.385. The van der Waals surface area contributed by atoms with E-state index in [1.54, 1.807) is 47.1 Å². The van der Waals surface area contributed by atoms with Gasteiger partial charge in [-0.2, -0.15) is 5.26 Å². The molecule has 0 aliphatic heterocycles. The Bertz CT molecular complexity index is 919. The first-order valence-corrected chi connectivity index (χ1v) is 6.33. The van der Waals surface area contributed by atoms with E-state index in [1.165, 1.54) is 12.3 Å². The molecule has 106 valence electrons. The van der Waals surface area contributed by atoms with Gasteiger partial charge in [0.25, 0.3) is 5.69 Å². The van der Waals surface area contributed by atoms with Crippen molar-refractivity contribution in [1.29, 1.82) is 5.26 Å². The first-order valence-electron chi connectivity index (χ1n) is 6.33. The minimum absolute atomic E-state index is 0.0504. The van der Waals surface area contributed by atoms with Crippen LogP contribution < -0.4 is 0 Å². The molecule has 0 amide bonds. The predicted octanol–water partition coefficient (Wildman–Crippen LogP) is 2.68. The number of nitro groups is 1. The van der Waals surface area contributed by atoms with Crippen molar-refractivity contribution in [2.24, 2.45) is 0 Å². The van der Waals surface area contributed by atoms with Gasteiger partial charge in [0.15, 0.2) is 0 Å². The van der Waals surface area contributed by atoms with Crippen LogP contribution in [0.1, 0.15) is 17.0 Å². The Morgan fingerprint density at radius 2 is 2.05 bits per heavy atom. The first kappa shape index (κ1) is 13.5. The van der Waals surface area contributed by atoms with Gasteiger partial charge in [-0.05, 0) is 30.4 Å². The summed E-state index contributed by atoms with van der Waals surface area (Å²) in [5.41, 5.74) is 2.60. The van der Waals surface area contributed by atoms with Crippen LogP contribution in [-0.2, 0) is 0 Å². The molecule has 3 aromatic rings. The van der Waals surface area contributed by atoms with E-state index in [1.807, 2.05) is 0 Å². The average molecular weight is 291 g/mol. The van der Waals surface area contributed by atoms with Crippen molar-refractivity contribution in [2.45, 2.75) is 0 Å². The molecular formula is C15H9N5O2. The first-order chi connectivity index (χ1) is 10.7. The van der Waals surface area contributed by atoms with E-state index in [0.717, 1.165) is 11.3 Å². The summed E-state index contributed by atoms with van der Waals surface area (Å²) < 4.78 is 1.79. The third-order valence-corrected chi connectivity index (χ3v) is 3.07. The molecule has 3 heterocycles. The van der Waals surface area contributed by atoms with E-state index in [4.69, 9.17) is 5.26 Å². The standard InChI is InChI=1S/C15H9N5O2/c16-7-11-1-6-15-18-8-13(19(15)10-11)4-2-12-3-5-14(9-17-12)20(21)22/h1-6,8-10H/b4-2+. The molecule has 0 unspecified atom stereocenters. The molecule has 0 atom stereocenters. The highest BCUT2D eigenvalue weighted by molar-refractivity contribution is 5.68. The number of fused-ring (bicyclic) bond motifs is 1. The maximum Gasteiger partial charge on any atom is 0.287 e. The number of pyridine rings is 2. The van der Waals surface area contributed by atoms with Crippen molar-refractivity contribution in [3.63, 3.8) is 0 Å². The molecule has 0 fully saturated rings. The molecule has 22 heavy (non-hydrogen) atoms. The summed E-state index contributed by atoms with van der Waals surface area (Å²) in [5, 5.41) is 19.5. The monoisotopic (exact) mass is 291 g/mol. The van der Waals surface area contributed by atoms with Gasteiger partial charge in [-0.1, -0.05) is 0 Å². The lowest BCUT2D eigenvalue weighted by atomic mass is 10.3. The molecule has 3 aromatic heterocycles. The topological polar surface area (TPSA) is 97.1 Å². The van der Waals surface area contributed by atoms with Gasteiger partial charge in [-0.15, -0.1) is 0 Å². The summed E-state index contributed by atoms with van der Waals surface area (Å²) in [6, 6.07) is 8.51. The molecule has 7 heteroatoms. The quantitative estimate of drug-likeness (QED) is 0.546. The van der Waals surface area contributed by atoms with Crippen molar-refractivity contribution in [3.8, 4) is 6.07 Å². The highest BCUT2D eigenvalue weighted by Crippen LogP contribution is 2.13. The Morgan fingerprint density at radius 1 is 1.18 bits per heavy atom. The number of hydrogen-bond acceptors (Lipinski definition) is 5. The second-order valence-electron chi connectivity index (χ2n) is 4.47. The molecule has 0 saturated carbocycles. The normalized spacial score (nSPS) is 10.9. The van der Waals surface area contributed by atoms with Crippen molar-refractivity contribution in [2.75, 3.05) is 0 Å². The number of hydrogen-bond donors (Lipinski definition) is 0. The van der Waals surface area contributed by atoms with Crippen LogP contribution in [0.2, 0.25) is 0 Å². The second-order valence-corrected chi connectivity index (χ2v) is 4.47. The van der Waals surface area contributed by atoms with Gasteiger partial charge in [-0.25, -0.2) is 9.97 Å². The van der Waals surface area contributed by atoms with Gasteiger partial charge in [0.2, 0.25) is 0 Å². The molecular weight excluding hydrogens is 282 g/mol. The second kappa shape index (κ2) is 5.46. The largest absolute Gasteiger partial charge is 0.299 e. The van der Waals surface area contributed by atoms with E-state index in [-0.39, 0.29) is 5.69 Å². The molecule has 7 nitrogen and oxygen atoms in total. The number of nitriles is 1. The summed E-state index contributed by atoms with van der Waals surface area (Å²) in [4.78, 5) is 18.3. The summed E-state index contributed by atoms with van der Waals surface area (Å²) >= 11 is 0. The lowest BCUT2D eigenvalue weighted by Crippen LogP contribution is -1.90. The van der Waals surface area contributed by atoms with Crippen LogP contribution in [0.15, 0.2) is 42.9 Å². The Morgan fingerprint density at radius 3 is 2.73 bits per heavy atom. The zero-order chi connectivity index (χ0) is 15.5. The zero-order valence-corrected chi connectivity index (χ0v) is 11.2. The maximum absolute atomic E-state index is 10.6. The van der Waals surface area contributed by atoms with Crippen LogP contribution in [0, 0.1) is 21.4 Å². The van der Waals surface area contributed by atoms with Crippen molar-refractivity contribution in [3.05, 3.63) is 69.9 Å². The zero-order valence-electron chi connectivity index (χ0n) is 11.2. The number of rotatable bonds is 3. The van der Waals surface area contributed by atoms with E-state index in [2.05, 4.69) is 16.0 Å². The van der Waals surface area contributed by atoms with Crippen molar-refractivity contribution >= 4 is 23.5 Å². The third-order valence-electron chi connectivity index (χ3n) is 3.07. The minimum atomic E-state index is -0.492. The molecule has 0 bridgehead atoms. The molecule has 3 rings (SSSR count). The summed E-state index contributed by atoms with van der Waals surface area (Å²) in [6.07, 6.45) is 8.10. The van der Waals surface area contributed by atoms with Gasteiger partial charge in [0.05, 0.1) is 28.1 Å². The predicted molar refractivity (Wildman–Crippen MR) is 79.7 cm³/mol. The maximum atomic E-state index is 10.6. The number of aromatic nitrogens is 3. The van der Waals surface area contributed by atoms with Crippen LogP contribution >= 0.6 is 0 Å². The number of imidazole rings is 1. The fourth-order valence-corrected chi connectivity index (χ4v) is 1.96. The van der Waals surface area contributed by atoms with E-state index < -0.39 is 4.92 Å². The lowest BCUT2D eigenvalue weighted by Gasteiger charge is -1.97. The Balaban J connectivity index is 1.92. The summed E-state index contributed by atoms with van der Waals surface area (Å²) in [5.74, 6) is 0. The van der Waals surface area contributed by atoms with Crippen LogP contribution in [0.5, 0.6) is 0 Å². The van der Waals surface area contributed by atoms with Gasteiger partial charge < -0.3 is 0 Å². The van der Waals surface area contributed by atoms with E-state index >= 15 is 0 Å². The molecule has 0 N–H and O–H groups in total. The highest BCUT2D eigenvalue weighted by Gasteiger charge is 2.04. The van der Waals surface area contributed by atoms with Crippen LogP contribution in [0.25, 0.3) is 17.8 Å². The average Bonchev–Trinajstić information content (AvgIpc) is 2.95. The minimum Gasteiger partial charge on any atom is -0.299 e. The molecule has 0 aliphatic rings. The molecule has 0 saturated heterocycles.